The number of halogens is 2. The summed E-state index contributed by atoms with van der Waals surface area (Å²) in [4.78, 5) is 46.2. The predicted octanol–water partition coefficient (Wildman–Crippen LogP) is 3.40. The Bertz CT molecular complexity index is 1190. The summed E-state index contributed by atoms with van der Waals surface area (Å²) in [7, 11) is 4.94. The van der Waals surface area contributed by atoms with Crippen LogP contribution in [0.1, 0.15) is 41.3 Å². The molecule has 2 aliphatic rings. The van der Waals surface area contributed by atoms with Crippen molar-refractivity contribution in [1.29, 1.82) is 0 Å². The summed E-state index contributed by atoms with van der Waals surface area (Å²) in [6, 6.07) is 9.90. The molecule has 2 heterocycles. The summed E-state index contributed by atoms with van der Waals surface area (Å²) in [6.45, 7) is 6.26. The normalized spacial score (nSPS) is 21.9. The fraction of sp³-hybridized carbons (Fsp3) is 0.444. The zero-order valence-electron chi connectivity index (χ0n) is 21.3. The molecule has 192 valence electrons. The van der Waals surface area contributed by atoms with Crippen LogP contribution in [0.15, 0.2) is 36.4 Å². The van der Waals surface area contributed by atoms with Gasteiger partial charge in [0.1, 0.15) is 5.82 Å². The minimum Gasteiger partial charge on any atom is -0.373 e. The number of rotatable bonds is 5. The summed E-state index contributed by atoms with van der Waals surface area (Å²) in [5.74, 6) is -2.16. The van der Waals surface area contributed by atoms with E-state index < -0.39 is 17.6 Å². The molecule has 9 heteroatoms. The van der Waals surface area contributed by atoms with Crippen molar-refractivity contribution in [2.24, 2.45) is 0 Å². The van der Waals surface area contributed by atoms with E-state index in [1.54, 1.807) is 38.4 Å². The lowest BCUT2D eigenvalue weighted by Gasteiger charge is -2.44. The molecule has 36 heavy (non-hydrogen) atoms. The van der Waals surface area contributed by atoms with Crippen LogP contribution >= 0.6 is 11.6 Å². The summed E-state index contributed by atoms with van der Waals surface area (Å²) in [5, 5.41) is 0.325. The van der Waals surface area contributed by atoms with Crippen molar-refractivity contribution in [2.45, 2.75) is 38.4 Å². The second-order valence-corrected chi connectivity index (χ2v) is 10.5. The van der Waals surface area contributed by atoms with E-state index in [0.29, 0.717) is 42.3 Å². The number of hydrogen-bond acceptors (Lipinski definition) is 5. The maximum absolute atomic E-state index is 13.7. The highest BCUT2D eigenvalue weighted by Gasteiger charge is 2.39. The molecular formula is C27H32ClFN4O3. The van der Waals surface area contributed by atoms with Gasteiger partial charge in [-0.2, -0.15) is 0 Å². The van der Waals surface area contributed by atoms with Gasteiger partial charge < -0.3 is 14.7 Å². The molecule has 0 N–H and O–H groups in total. The third-order valence-corrected chi connectivity index (χ3v) is 7.51. The number of ketones is 1. The molecule has 2 amide bonds. The predicted molar refractivity (Wildman–Crippen MR) is 138 cm³/mol. The van der Waals surface area contributed by atoms with E-state index in [1.807, 2.05) is 23.8 Å². The van der Waals surface area contributed by atoms with Crippen LogP contribution in [-0.4, -0.2) is 85.2 Å². The fourth-order valence-corrected chi connectivity index (χ4v) is 5.34. The van der Waals surface area contributed by atoms with Gasteiger partial charge in [-0.15, -0.1) is 0 Å². The van der Waals surface area contributed by atoms with Crippen LogP contribution in [0.4, 0.5) is 10.1 Å². The fourth-order valence-electron chi connectivity index (χ4n) is 5.10. The lowest BCUT2D eigenvalue weighted by molar-refractivity contribution is -0.143. The van der Waals surface area contributed by atoms with Crippen molar-refractivity contribution < 1.29 is 18.8 Å². The van der Waals surface area contributed by atoms with E-state index >= 15 is 0 Å². The van der Waals surface area contributed by atoms with Crippen LogP contribution in [0.3, 0.4) is 0 Å². The van der Waals surface area contributed by atoms with E-state index in [9.17, 15) is 18.8 Å². The van der Waals surface area contributed by atoms with Crippen molar-refractivity contribution in [3.05, 3.63) is 63.9 Å². The van der Waals surface area contributed by atoms with Crippen molar-refractivity contribution in [3.8, 4) is 0 Å². The summed E-state index contributed by atoms with van der Waals surface area (Å²) < 4.78 is 13.3. The van der Waals surface area contributed by atoms with Gasteiger partial charge in [0.05, 0.1) is 16.5 Å². The van der Waals surface area contributed by atoms with Gasteiger partial charge in [0.2, 0.25) is 5.78 Å². The molecule has 2 aliphatic heterocycles. The Hall–Kier alpha value is -2.97. The molecule has 0 aliphatic carbocycles. The van der Waals surface area contributed by atoms with Gasteiger partial charge in [-0.3, -0.25) is 19.3 Å². The van der Waals surface area contributed by atoms with Gasteiger partial charge in [0.15, 0.2) is 0 Å². The van der Waals surface area contributed by atoms with Gasteiger partial charge in [-0.1, -0.05) is 23.7 Å². The molecule has 7 nitrogen and oxygen atoms in total. The van der Waals surface area contributed by atoms with Gasteiger partial charge >= 0.3 is 0 Å². The van der Waals surface area contributed by atoms with Crippen LogP contribution in [0.25, 0.3) is 0 Å². The quantitative estimate of drug-likeness (QED) is 0.572. The van der Waals surface area contributed by atoms with Gasteiger partial charge in [-0.25, -0.2) is 4.39 Å². The highest BCUT2D eigenvalue weighted by Crippen LogP contribution is 2.40. The Kier molecular flexibility index (Phi) is 7.38. The van der Waals surface area contributed by atoms with Crippen LogP contribution in [0, 0.1) is 5.82 Å². The topological polar surface area (TPSA) is 64.2 Å². The van der Waals surface area contributed by atoms with Gasteiger partial charge in [0.25, 0.3) is 11.8 Å². The van der Waals surface area contributed by atoms with E-state index in [-0.39, 0.29) is 23.8 Å². The molecule has 0 radical (unpaired) electrons. The molecule has 4 rings (SSSR count). The first kappa shape index (κ1) is 26.1. The Balaban J connectivity index is 1.55. The first-order chi connectivity index (χ1) is 17.0. The van der Waals surface area contributed by atoms with Crippen LogP contribution in [-0.2, 0) is 16.1 Å². The van der Waals surface area contributed by atoms with Crippen LogP contribution in [0.2, 0.25) is 5.02 Å². The number of anilines is 1. The molecule has 1 unspecified atom stereocenters. The molecule has 1 saturated heterocycles. The number of fused-ring (bicyclic) bond motifs is 1. The Labute approximate surface area is 216 Å². The Morgan fingerprint density at radius 3 is 2.33 bits per heavy atom. The number of nitrogens with zero attached hydrogens (tertiary/aromatic N) is 4. The first-order valence-corrected chi connectivity index (χ1v) is 12.4. The molecule has 0 bridgehead atoms. The number of carbonyl (C=O) groups excluding carboxylic acids is 3. The van der Waals surface area contributed by atoms with Gasteiger partial charge in [-0.05, 0) is 49.2 Å². The van der Waals surface area contributed by atoms with Crippen molar-refractivity contribution in [3.63, 3.8) is 0 Å². The van der Waals surface area contributed by atoms with E-state index in [4.69, 9.17) is 11.6 Å². The highest BCUT2D eigenvalue weighted by atomic mass is 35.5. The molecule has 0 saturated carbocycles. The van der Waals surface area contributed by atoms with E-state index in [1.165, 1.54) is 17.0 Å². The second kappa shape index (κ2) is 10.2. The lowest BCUT2D eigenvalue weighted by atomic mass is 9.94. The van der Waals surface area contributed by atoms with Crippen LogP contribution < -0.4 is 4.90 Å². The van der Waals surface area contributed by atoms with E-state index in [2.05, 4.69) is 11.8 Å². The number of carbonyl (C=O) groups is 3. The molecule has 1 fully saturated rings. The summed E-state index contributed by atoms with van der Waals surface area (Å²) in [5.41, 5.74) is 2.77. The maximum atomic E-state index is 13.7. The largest absolute Gasteiger partial charge is 0.373 e. The minimum atomic E-state index is -0.646. The Morgan fingerprint density at radius 2 is 1.69 bits per heavy atom. The zero-order valence-corrected chi connectivity index (χ0v) is 22.1. The van der Waals surface area contributed by atoms with Crippen molar-refractivity contribution >= 4 is 34.9 Å². The number of likely N-dealkylation sites (N-methyl/N-ethyl adjacent to an activating group) is 2. The molecule has 0 spiro atoms. The number of piperazine rings is 1. The van der Waals surface area contributed by atoms with E-state index in [0.717, 1.165) is 11.3 Å². The molecule has 0 aromatic heterocycles. The standard InChI is InChI=1S/C27H32ClFN4O3/c1-16-13-33(17(2)12-32(16)14-18-6-8-19(29)9-7-18)26(35)21-10-20-22(25(34)27(36)30(3)4)15-31(5)24(20)11-23(21)28/h6-11,16-17,22H,12-15H2,1-5H3/t16-,17-,22?/m0/s1. The maximum Gasteiger partial charge on any atom is 0.290 e. The molecule has 2 aromatic rings. The van der Waals surface area contributed by atoms with Crippen molar-refractivity contribution in [1.82, 2.24) is 14.7 Å². The minimum absolute atomic E-state index is 0.0751. The zero-order chi connectivity index (χ0) is 26.3. The van der Waals surface area contributed by atoms with Gasteiger partial charge in [0, 0.05) is 65.1 Å². The number of benzene rings is 2. The number of Topliss-reactive ketones (excluding diaryl/α,β-unsaturated/α-hetero) is 1. The smallest absolute Gasteiger partial charge is 0.290 e. The number of hydrogen-bond donors (Lipinski definition) is 0. The SMILES string of the molecule is C[C@H]1CN(C(=O)c2cc3c(cc2Cl)N(C)CC3C(=O)C(=O)N(C)C)[C@@H](C)CN1Cc1ccc(F)cc1. The molecule has 3 atom stereocenters. The monoisotopic (exact) mass is 514 g/mol. The average molecular weight is 515 g/mol. The molecule has 2 aromatic carbocycles. The average Bonchev–Trinajstić information content (AvgIpc) is 3.15. The summed E-state index contributed by atoms with van der Waals surface area (Å²) in [6.07, 6.45) is 0. The summed E-state index contributed by atoms with van der Waals surface area (Å²) >= 11 is 6.59. The second-order valence-electron chi connectivity index (χ2n) is 10.1. The first-order valence-electron chi connectivity index (χ1n) is 12.1. The Morgan fingerprint density at radius 1 is 1.03 bits per heavy atom. The highest BCUT2D eigenvalue weighted by molar-refractivity contribution is 6.39. The number of amides is 2. The third-order valence-electron chi connectivity index (χ3n) is 7.20. The lowest BCUT2D eigenvalue weighted by Crippen LogP contribution is -2.57. The van der Waals surface area contributed by atoms with Crippen LogP contribution in [0.5, 0.6) is 0 Å². The third kappa shape index (κ3) is 4.97. The van der Waals surface area contributed by atoms with Crippen molar-refractivity contribution in [2.75, 3.05) is 45.7 Å². The molecular weight excluding hydrogens is 483 g/mol.